The zero-order chi connectivity index (χ0) is 20.0. The van der Waals surface area contributed by atoms with Crippen LogP contribution in [0.4, 0.5) is 13.2 Å². The predicted molar refractivity (Wildman–Crippen MR) is 96.1 cm³/mol. The molecule has 0 aliphatic rings. The van der Waals surface area contributed by atoms with Gasteiger partial charge in [-0.15, -0.1) is 0 Å². The van der Waals surface area contributed by atoms with Crippen molar-refractivity contribution in [3.63, 3.8) is 0 Å². The maximum absolute atomic E-state index is 13.0. The standard InChI is InChI=1S/C18H18F3N3O2S/c1-4-27(25,26)15-8-6-5-7-13(15)16-23-14-9-12(18(19,20)21)10-22-17(14)24(16)11(2)3/h5-11H,4H2,1-3H3. The van der Waals surface area contributed by atoms with Gasteiger partial charge in [0.2, 0.25) is 0 Å². The van der Waals surface area contributed by atoms with Crippen molar-refractivity contribution >= 4 is 21.0 Å². The largest absolute Gasteiger partial charge is 0.417 e. The van der Waals surface area contributed by atoms with E-state index < -0.39 is 21.6 Å². The van der Waals surface area contributed by atoms with Crippen LogP contribution >= 0.6 is 0 Å². The van der Waals surface area contributed by atoms with Gasteiger partial charge in [0.15, 0.2) is 15.5 Å². The van der Waals surface area contributed by atoms with Gasteiger partial charge in [0, 0.05) is 17.8 Å². The number of halogens is 3. The molecule has 144 valence electrons. The molecule has 5 nitrogen and oxygen atoms in total. The molecule has 0 aliphatic heterocycles. The number of nitrogens with zero attached hydrogens (tertiary/aromatic N) is 3. The van der Waals surface area contributed by atoms with Gasteiger partial charge >= 0.3 is 6.18 Å². The maximum atomic E-state index is 13.0. The Hall–Kier alpha value is -2.42. The lowest BCUT2D eigenvalue weighted by molar-refractivity contribution is -0.137. The number of alkyl halides is 3. The van der Waals surface area contributed by atoms with E-state index in [1.54, 1.807) is 22.8 Å². The second-order valence-electron chi connectivity index (χ2n) is 6.36. The van der Waals surface area contributed by atoms with Gasteiger partial charge in [-0.2, -0.15) is 13.2 Å². The molecule has 0 atom stereocenters. The molecule has 3 rings (SSSR count). The number of benzene rings is 1. The van der Waals surface area contributed by atoms with Gasteiger partial charge < -0.3 is 4.57 Å². The van der Waals surface area contributed by atoms with Gasteiger partial charge in [-0.1, -0.05) is 19.1 Å². The van der Waals surface area contributed by atoms with Crippen molar-refractivity contribution in [3.05, 3.63) is 42.1 Å². The van der Waals surface area contributed by atoms with Crippen LogP contribution in [0.5, 0.6) is 0 Å². The number of sulfone groups is 1. The molecule has 0 bridgehead atoms. The smallest absolute Gasteiger partial charge is 0.306 e. The summed E-state index contributed by atoms with van der Waals surface area (Å²) >= 11 is 0. The predicted octanol–water partition coefficient (Wildman–Crippen LogP) is 4.49. The lowest BCUT2D eigenvalue weighted by Crippen LogP contribution is -2.09. The highest BCUT2D eigenvalue weighted by atomic mass is 32.2. The van der Waals surface area contributed by atoms with E-state index in [0.29, 0.717) is 5.56 Å². The number of imidazole rings is 1. The monoisotopic (exact) mass is 397 g/mol. The number of hydrogen-bond acceptors (Lipinski definition) is 4. The SMILES string of the molecule is CCS(=O)(=O)c1ccccc1-c1nc2cc(C(F)(F)F)cnc2n1C(C)C. The van der Waals surface area contributed by atoms with Gasteiger partial charge in [-0.05, 0) is 32.0 Å². The fraction of sp³-hybridized carbons (Fsp3) is 0.333. The molecule has 2 aromatic heterocycles. The van der Waals surface area contributed by atoms with E-state index >= 15 is 0 Å². The highest BCUT2D eigenvalue weighted by Gasteiger charge is 2.32. The van der Waals surface area contributed by atoms with Crippen LogP contribution in [0.1, 0.15) is 32.4 Å². The summed E-state index contributed by atoms with van der Waals surface area (Å²) in [4.78, 5) is 8.38. The van der Waals surface area contributed by atoms with Crippen LogP contribution in [0, 0.1) is 0 Å². The normalized spacial score (nSPS) is 12.9. The summed E-state index contributed by atoms with van der Waals surface area (Å²) in [6, 6.07) is 7.10. The van der Waals surface area contributed by atoms with E-state index in [-0.39, 0.29) is 33.7 Å². The molecule has 0 aliphatic carbocycles. The molecule has 0 saturated carbocycles. The topological polar surface area (TPSA) is 64.8 Å². The first-order valence-electron chi connectivity index (χ1n) is 8.33. The Kier molecular flexibility index (Phi) is 4.75. The Labute approximate surface area is 154 Å². The third kappa shape index (κ3) is 3.43. The number of rotatable bonds is 4. The van der Waals surface area contributed by atoms with Gasteiger partial charge in [-0.3, -0.25) is 0 Å². The minimum absolute atomic E-state index is 0.0669. The second kappa shape index (κ2) is 6.63. The average molecular weight is 397 g/mol. The Bertz CT molecular complexity index is 1100. The van der Waals surface area contributed by atoms with Crippen LogP contribution in [-0.2, 0) is 16.0 Å². The average Bonchev–Trinajstić information content (AvgIpc) is 2.99. The van der Waals surface area contributed by atoms with Crippen molar-refractivity contribution in [2.24, 2.45) is 0 Å². The highest BCUT2D eigenvalue weighted by molar-refractivity contribution is 7.91. The lowest BCUT2D eigenvalue weighted by Gasteiger charge is -2.15. The molecule has 0 spiro atoms. The summed E-state index contributed by atoms with van der Waals surface area (Å²) in [5.74, 6) is 0.182. The molecule has 2 heterocycles. The van der Waals surface area contributed by atoms with Crippen LogP contribution < -0.4 is 0 Å². The fourth-order valence-electron chi connectivity index (χ4n) is 2.89. The fourth-order valence-corrected chi connectivity index (χ4v) is 3.99. The van der Waals surface area contributed by atoms with E-state index in [0.717, 1.165) is 12.3 Å². The van der Waals surface area contributed by atoms with Crippen molar-refractivity contribution in [1.82, 2.24) is 14.5 Å². The minimum Gasteiger partial charge on any atom is -0.306 e. The molecule has 27 heavy (non-hydrogen) atoms. The molecule has 0 N–H and O–H groups in total. The molecule has 3 aromatic rings. The first kappa shape index (κ1) is 19.3. The van der Waals surface area contributed by atoms with Gasteiger partial charge in [0.1, 0.15) is 11.3 Å². The van der Waals surface area contributed by atoms with E-state index in [9.17, 15) is 21.6 Å². The number of pyridine rings is 1. The number of aromatic nitrogens is 3. The zero-order valence-corrected chi connectivity index (χ0v) is 15.8. The van der Waals surface area contributed by atoms with E-state index in [2.05, 4.69) is 9.97 Å². The Morgan fingerprint density at radius 1 is 1.19 bits per heavy atom. The zero-order valence-electron chi connectivity index (χ0n) is 14.9. The molecule has 0 radical (unpaired) electrons. The maximum Gasteiger partial charge on any atom is 0.417 e. The van der Waals surface area contributed by atoms with Gasteiger partial charge in [0.25, 0.3) is 0 Å². The van der Waals surface area contributed by atoms with Crippen molar-refractivity contribution in [2.75, 3.05) is 5.75 Å². The molecule has 0 fully saturated rings. The van der Waals surface area contributed by atoms with Crippen LogP contribution in [0.2, 0.25) is 0 Å². The Morgan fingerprint density at radius 3 is 2.44 bits per heavy atom. The summed E-state index contributed by atoms with van der Waals surface area (Å²) in [5.41, 5.74) is -0.210. The van der Waals surface area contributed by atoms with Crippen molar-refractivity contribution in [2.45, 2.75) is 37.9 Å². The molecular formula is C18H18F3N3O2S. The molecule has 0 saturated heterocycles. The van der Waals surface area contributed by atoms with Gasteiger partial charge in [0.05, 0.1) is 16.2 Å². The Morgan fingerprint density at radius 2 is 1.85 bits per heavy atom. The van der Waals surface area contributed by atoms with E-state index in [1.807, 2.05) is 13.8 Å². The van der Waals surface area contributed by atoms with Crippen molar-refractivity contribution < 1.29 is 21.6 Å². The first-order valence-corrected chi connectivity index (χ1v) is 9.98. The summed E-state index contributed by atoms with van der Waals surface area (Å²) in [5, 5.41) is 0. The third-order valence-electron chi connectivity index (χ3n) is 4.22. The van der Waals surface area contributed by atoms with Crippen molar-refractivity contribution in [1.29, 1.82) is 0 Å². The van der Waals surface area contributed by atoms with Crippen LogP contribution in [-0.4, -0.2) is 28.7 Å². The quantitative estimate of drug-likeness (QED) is 0.651. The summed E-state index contributed by atoms with van der Waals surface area (Å²) in [7, 11) is -3.54. The third-order valence-corrected chi connectivity index (χ3v) is 6.00. The molecule has 0 amide bonds. The van der Waals surface area contributed by atoms with Crippen LogP contribution in [0.15, 0.2) is 41.4 Å². The van der Waals surface area contributed by atoms with Gasteiger partial charge in [-0.25, -0.2) is 18.4 Å². The summed E-state index contributed by atoms with van der Waals surface area (Å²) < 4.78 is 65.7. The summed E-state index contributed by atoms with van der Waals surface area (Å²) in [6.07, 6.45) is -3.77. The van der Waals surface area contributed by atoms with E-state index in [1.165, 1.54) is 13.0 Å². The number of fused-ring (bicyclic) bond motifs is 1. The first-order chi connectivity index (χ1) is 12.6. The van der Waals surface area contributed by atoms with Crippen molar-refractivity contribution in [3.8, 4) is 11.4 Å². The number of hydrogen-bond donors (Lipinski definition) is 0. The molecule has 0 unspecified atom stereocenters. The molecule has 9 heteroatoms. The van der Waals surface area contributed by atoms with Crippen LogP contribution in [0.25, 0.3) is 22.6 Å². The van der Waals surface area contributed by atoms with E-state index in [4.69, 9.17) is 0 Å². The van der Waals surface area contributed by atoms with Crippen LogP contribution in [0.3, 0.4) is 0 Å². The second-order valence-corrected chi connectivity index (χ2v) is 8.61. The summed E-state index contributed by atoms with van der Waals surface area (Å²) in [6.45, 7) is 5.20. The highest BCUT2D eigenvalue weighted by Crippen LogP contribution is 2.35. The molecular weight excluding hydrogens is 379 g/mol. The molecule has 1 aromatic carbocycles. The lowest BCUT2D eigenvalue weighted by atomic mass is 10.2. The Balaban J connectivity index is 2.35. The minimum atomic E-state index is -4.54.